The lowest BCUT2D eigenvalue weighted by Crippen LogP contribution is -2.29. The summed E-state index contributed by atoms with van der Waals surface area (Å²) in [6, 6.07) is 11.2. The third-order valence-electron chi connectivity index (χ3n) is 6.88. The number of alkyl halides is 2. The molecule has 0 radical (unpaired) electrons. The van der Waals surface area contributed by atoms with Crippen LogP contribution in [0.5, 0.6) is 5.75 Å². The molecule has 1 aliphatic heterocycles. The first kappa shape index (κ1) is 25.6. The van der Waals surface area contributed by atoms with Crippen LogP contribution in [0.1, 0.15) is 59.4 Å². The zero-order chi connectivity index (χ0) is 26.0. The molecule has 1 amide bonds. The third kappa shape index (κ3) is 5.06. The highest BCUT2D eigenvalue weighted by molar-refractivity contribution is 6.04. The molecule has 0 aliphatic carbocycles. The lowest BCUT2D eigenvalue weighted by Gasteiger charge is -2.30. The first-order valence-electron chi connectivity index (χ1n) is 12.1. The van der Waals surface area contributed by atoms with Crippen molar-refractivity contribution >= 4 is 11.6 Å². The number of rotatable bonds is 7. The number of imidazole rings is 1. The van der Waals surface area contributed by atoms with E-state index in [1.165, 1.54) is 31.2 Å². The van der Waals surface area contributed by atoms with E-state index in [1.807, 2.05) is 12.1 Å². The molecule has 2 N–H and O–H groups in total. The average molecular weight is 499 g/mol. The molecule has 9 heteroatoms. The Bertz CT molecular complexity index is 1250. The Morgan fingerprint density at radius 2 is 1.94 bits per heavy atom. The Hall–Kier alpha value is -3.46. The van der Waals surface area contributed by atoms with Gasteiger partial charge in [-0.1, -0.05) is 19.1 Å². The number of carbonyl (C=O) groups is 1. The van der Waals surface area contributed by atoms with E-state index in [9.17, 15) is 18.8 Å². The second-order valence-electron chi connectivity index (χ2n) is 9.31. The van der Waals surface area contributed by atoms with Gasteiger partial charge in [0.15, 0.2) is 11.5 Å². The van der Waals surface area contributed by atoms with Crippen LogP contribution in [0.25, 0.3) is 11.4 Å². The lowest BCUT2D eigenvalue weighted by atomic mass is 9.88. The second kappa shape index (κ2) is 10.3. The molecule has 0 unspecified atom stereocenters. The van der Waals surface area contributed by atoms with Crippen molar-refractivity contribution in [2.24, 2.45) is 0 Å². The van der Waals surface area contributed by atoms with Gasteiger partial charge in [0, 0.05) is 23.2 Å². The summed E-state index contributed by atoms with van der Waals surface area (Å²) in [7, 11) is 3.74. The number of halogens is 2. The number of anilines is 1. The van der Waals surface area contributed by atoms with Crippen LogP contribution in [0.3, 0.4) is 0 Å². The molecule has 0 spiro atoms. The molecule has 36 heavy (non-hydrogen) atoms. The van der Waals surface area contributed by atoms with Crippen molar-refractivity contribution in [1.29, 1.82) is 0 Å². The highest BCUT2D eigenvalue weighted by Gasteiger charge is 2.30. The molecule has 2 aromatic carbocycles. The van der Waals surface area contributed by atoms with Crippen LogP contribution >= 0.6 is 0 Å². The van der Waals surface area contributed by atoms with Crippen molar-refractivity contribution in [3.8, 4) is 17.1 Å². The van der Waals surface area contributed by atoms with Crippen molar-refractivity contribution < 1.29 is 23.5 Å². The molecular formula is C27H32F2N4O3. The fraction of sp³-hybridized carbons (Fsp3) is 0.407. The number of nitrogens with zero attached hydrogens (tertiary/aromatic N) is 3. The summed E-state index contributed by atoms with van der Waals surface area (Å²) >= 11 is 0. The van der Waals surface area contributed by atoms with Crippen LogP contribution in [0.2, 0.25) is 0 Å². The summed E-state index contributed by atoms with van der Waals surface area (Å²) in [5, 5.41) is 13.5. The Morgan fingerprint density at radius 1 is 1.22 bits per heavy atom. The lowest BCUT2D eigenvalue weighted by molar-refractivity contribution is -0.00824. The van der Waals surface area contributed by atoms with E-state index in [4.69, 9.17) is 4.74 Å². The van der Waals surface area contributed by atoms with Gasteiger partial charge in [-0.2, -0.15) is 4.73 Å². The van der Waals surface area contributed by atoms with Crippen molar-refractivity contribution in [3.63, 3.8) is 0 Å². The van der Waals surface area contributed by atoms with Gasteiger partial charge in [0.05, 0.1) is 12.8 Å². The van der Waals surface area contributed by atoms with Crippen molar-refractivity contribution in [3.05, 3.63) is 65.0 Å². The highest BCUT2D eigenvalue weighted by Crippen LogP contribution is 2.37. The number of hydrogen-bond donors (Lipinski definition) is 2. The SMILES string of the molecule is CCC(F)(F)c1cccc(NC(=O)c2c(C)nc(-c3ccc(OC)c(C4CCN(C)CC4)c3)n2O)c1. The van der Waals surface area contributed by atoms with Crippen LogP contribution in [0.4, 0.5) is 14.5 Å². The highest BCUT2D eigenvalue weighted by atomic mass is 19.3. The van der Waals surface area contributed by atoms with E-state index < -0.39 is 11.8 Å². The van der Waals surface area contributed by atoms with Gasteiger partial charge >= 0.3 is 0 Å². The summed E-state index contributed by atoms with van der Waals surface area (Å²) in [5.41, 5.74) is 1.98. The van der Waals surface area contributed by atoms with Gasteiger partial charge < -0.3 is 20.2 Å². The van der Waals surface area contributed by atoms with Gasteiger partial charge in [0.2, 0.25) is 0 Å². The largest absolute Gasteiger partial charge is 0.496 e. The Balaban J connectivity index is 1.63. The number of nitrogens with one attached hydrogen (secondary N) is 1. The van der Waals surface area contributed by atoms with Gasteiger partial charge in [0.1, 0.15) is 5.75 Å². The minimum absolute atomic E-state index is 0.0608. The number of aryl methyl sites for hydroxylation is 1. The summed E-state index contributed by atoms with van der Waals surface area (Å²) in [6.07, 6.45) is 1.64. The van der Waals surface area contributed by atoms with E-state index in [1.54, 1.807) is 20.1 Å². The third-order valence-corrected chi connectivity index (χ3v) is 6.88. The quantitative estimate of drug-likeness (QED) is 0.411. The topological polar surface area (TPSA) is 79.6 Å². The Morgan fingerprint density at radius 3 is 2.61 bits per heavy atom. The van der Waals surface area contributed by atoms with Gasteiger partial charge in [-0.05, 0) is 81.7 Å². The molecule has 0 atom stereocenters. The Kier molecular flexibility index (Phi) is 7.31. The Labute approximate surface area is 209 Å². The number of aromatic nitrogens is 2. The smallest absolute Gasteiger partial charge is 0.277 e. The van der Waals surface area contributed by atoms with Crippen molar-refractivity contribution in [1.82, 2.24) is 14.6 Å². The van der Waals surface area contributed by atoms with Gasteiger partial charge in [0.25, 0.3) is 11.8 Å². The zero-order valence-electron chi connectivity index (χ0n) is 21.0. The second-order valence-corrected chi connectivity index (χ2v) is 9.31. The molecule has 4 rings (SSSR count). The van der Waals surface area contributed by atoms with Crippen LogP contribution in [-0.2, 0) is 5.92 Å². The molecule has 7 nitrogen and oxygen atoms in total. The maximum Gasteiger partial charge on any atom is 0.277 e. The standard InChI is InChI=1S/C27H32F2N4O3/c1-5-27(28,29)20-7-6-8-21(16-20)31-26(34)24-17(2)30-25(33(24)35)19-9-10-23(36-4)22(15-19)18-11-13-32(3)14-12-18/h6-10,15-16,18,35H,5,11-14H2,1-4H3,(H,31,34). The molecule has 3 aromatic rings. The van der Waals surface area contributed by atoms with E-state index in [0.717, 1.165) is 42.0 Å². The fourth-order valence-electron chi connectivity index (χ4n) is 4.70. The molecule has 192 valence electrons. The minimum atomic E-state index is -3.00. The first-order chi connectivity index (χ1) is 17.1. The number of likely N-dealkylation sites (tertiary alicyclic amines) is 1. The maximum absolute atomic E-state index is 14.1. The predicted molar refractivity (Wildman–Crippen MR) is 134 cm³/mol. The monoisotopic (exact) mass is 498 g/mol. The number of ether oxygens (including phenoxy) is 1. The van der Waals surface area contributed by atoms with Crippen LogP contribution in [0, 0.1) is 6.92 Å². The molecule has 0 bridgehead atoms. The summed E-state index contributed by atoms with van der Waals surface area (Å²) < 4.78 is 34.6. The summed E-state index contributed by atoms with van der Waals surface area (Å²) in [5.74, 6) is -2.32. The number of hydrogen-bond acceptors (Lipinski definition) is 5. The number of carbonyl (C=O) groups excluding carboxylic acids is 1. The number of piperidine rings is 1. The molecular weight excluding hydrogens is 466 g/mol. The van der Waals surface area contributed by atoms with E-state index in [0.29, 0.717) is 17.2 Å². The number of amides is 1. The number of benzene rings is 2. The predicted octanol–water partition coefficient (Wildman–Crippen LogP) is 5.67. The molecule has 1 aromatic heterocycles. The zero-order valence-corrected chi connectivity index (χ0v) is 21.0. The van der Waals surface area contributed by atoms with Crippen LogP contribution in [-0.4, -0.2) is 53.0 Å². The summed E-state index contributed by atoms with van der Waals surface area (Å²) in [4.78, 5) is 19.8. The van der Waals surface area contributed by atoms with E-state index >= 15 is 0 Å². The van der Waals surface area contributed by atoms with Crippen LogP contribution in [0.15, 0.2) is 42.5 Å². The molecule has 2 heterocycles. The van der Waals surface area contributed by atoms with E-state index in [-0.39, 0.29) is 29.2 Å². The van der Waals surface area contributed by atoms with Crippen LogP contribution < -0.4 is 10.1 Å². The maximum atomic E-state index is 14.1. The number of methoxy groups -OCH3 is 1. The minimum Gasteiger partial charge on any atom is -0.496 e. The van der Waals surface area contributed by atoms with Gasteiger partial charge in [-0.15, -0.1) is 0 Å². The summed E-state index contributed by atoms with van der Waals surface area (Å²) in [6.45, 7) is 4.99. The molecule has 0 saturated carbocycles. The van der Waals surface area contributed by atoms with Gasteiger partial charge in [-0.25, -0.2) is 13.8 Å². The fourth-order valence-corrected chi connectivity index (χ4v) is 4.70. The van der Waals surface area contributed by atoms with Crippen molar-refractivity contribution in [2.45, 2.75) is 45.0 Å². The molecule has 1 saturated heterocycles. The first-order valence-corrected chi connectivity index (χ1v) is 12.1. The van der Waals surface area contributed by atoms with E-state index in [2.05, 4.69) is 22.2 Å². The molecule has 1 fully saturated rings. The normalized spacial score (nSPS) is 15.2. The van der Waals surface area contributed by atoms with Gasteiger partial charge in [-0.3, -0.25) is 4.79 Å². The molecule has 1 aliphatic rings. The van der Waals surface area contributed by atoms with Crippen molar-refractivity contribution in [2.75, 3.05) is 32.6 Å². The average Bonchev–Trinajstić information content (AvgIpc) is 3.18.